The van der Waals surface area contributed by atoms with E-state index in [0.29, 0.717) is 11.4 Å². The summed E-state index contributed by atoms with van der Waals surface area (Å²) in [6.45, 7) is 5.74. The van der Waals surface area contributed by atoms with Crippen LogP contribution in [0.15, 0.2) is 52.3 Å². The summed E-state index contributed by atoms with van der Waals surface area (Å²) in [6.07, 6.45) is 2.72. The Balaban J connectivity index is 1.96. The third-order valence-electron chi connectivity index (χ3n) is 4.27. The number of aryl methyl sites for hydroxylation is 3. The Morgan fingerprint density at radius 1 is 1.15 bits per heavy atom. The van der Waals surface area contributed by atoms with Crippen LogP contribution in [0.25, 0.3) is 0 Å². The number of nitrogens with zero attached hydrogens (tertiary/aromatic N) is 2. The van der Waals surface area contributed by atoms with Crippen molar-refractivity contribution in [2.75, 3.05) is 5.32 Å². The van der Waals surface area contributed by atoms with Crippen molar-refractivity contribution in [1.29, 1.82) is 0 Å². The van der Waals surface area contributed by atoms with Crippen LogP contribution in [0.1, 0.15) is 32.7 Å². The molecule has 1 aromatic carbocycles. The molecule has 2 heterocycles. The van der Waals surface area contributed by atoms with Crippen molar-refractivity contribution in [2.45, 2.75) is 27.3 Å². The molecule has 0 aliphatic carbocycles. The number of amides is 1. The second-order valence-electron chi connectivity index (χ2n) is 6.45. The zero-order valence-electron chi connectivity index (χ0n) is 15.4. The number of benzene rings is 1. The summed E-state index contributed by atoms with van der Waals surface area (Å²) in [5.74, 6) is -0.568. The van der Waals surface area contributed by atoms with Crippen LogP contribution >= 0.6 is 0 Å². The maximum absolute atomic E-state index is 12.7. The highest BCUT2D eigenvalue weighted by molar-refractivity contribution is 6.04. The van der Waals surface area contributed by atoms with Gasteiger partial charge in [-0.1, -0.05) is 23.8 Å². The fourth-order valence-electron chi connectivity index (χ4n) is 3.03. The maximum atomic E-state index is 12.7. The second kappa shape index (κ2) is 7.41. The van der Waals surface area contributed by atoms with Crippen LogP contribution < -0.4 is 16.6 Å². The summed E-state index contributed by atoms with van der Waals surface area (Å²) in [5, 5.41) is 2.78. The van der Waals surface area contributed by atoms with E-state index in [9.17, 15) is 14.4 Å². The first kappa shape index (κ1) is 18.3. The number of aromatic amines is 1. The van der Waals surface area contributed by atoms with Crippen molar-refractivity contribution in [3.63, 3.8) is 0 Å². The normalized spacial score (nSPS) is 10.6. The number of hydrogen-bond donors (Lipinski definition) is 2. The molecule has 27 heavy (non-hydrogen) atoms. The molecule has 3 aromatic rings. The van der Waals surface area contributed by atoms with Gasteiger partial charge in [-0.2, -0.15) is 0 Å². The average molecular weight is 364 g/mol. The van der Waals surface area contributed by atoms with Gasteiger partial charge in [0.05, 0.1) is 12.2 Å². The van der Waals surface area contributed by atoms with E-state index in [-0.39, 0.29) is 12.1 Å². The summed E-state index contributed by atoms with van der Waals surface area (Å²) in [4.78, 5) is 44.0. The molecule has 0 bridgehead atoms. The van der Waals surface area contributed by atoms with Crippen LogP contribution in [-0.4, -0.2) is 20.4 Å². The molecule has 7 nitrogen and oxygen atoms in total. The van der Waals surface area contributed by atoms with E-state index in [0.717, 1.165) is 27.5 Å². The largest absolute Gasteiger partial charge is 0.328 e. The average Bonchev–Trinajstić information content (AvgIpc) is 2.62. The molecule has 0 aliphatic heterocycles. The van der Waals surface area contributed by atoms with Gasteiger partial charge >= 0.3 is 5.69 Å². The minimum Gasteiger partial charge on any atom is -0.321 e. The van der Waals surface area contributed by atoms with Crippen molar-refractivity contribution in [3.8, 4) is 0 Å². The van der Waals surface area contributed by atoms with E-state index in [4.69, 9.17) is 0 Å². The van der Waals surface area contributed by atoms with Gasteiger partial charge < -0.3 is 10.3 Å². The highest BCUT2D eigenvalue weighted by Gasteiger charge is 2.17. The van der Waals surface area contributed by atoms with Gasteiger partial charge in [0.2, 0.25) is 0 Å². The number of aromatic nitrogens is 3. The number of nitrogens with one attached hydrogen (secondary N) is 2. The maximum Gasteiger partial charge on any atom is 0.328 e. The monoisotopic (exact) mass is 364 g/mol. The number of H-pyrrole nitrogens is 1. The molecule has 0 radical (unpaired) electrons. The zero-order chi connectivity index (χ0) is 19.6. The second-order valence-corrected chi connectivity index (χ2v) is 6.45. The summed E-state index contributed by atoms with van der Waals surface area (Å²) in [6, 6.07) is 9.12. The molecular weight excluding hydrogens is 344 g/mol. The van der Waals surface area contributed by atoms with E-state index in [1.807, 2.05) is 32.9 Å². The SMILES string of the molecule is Cc1cc(C)c(NC(=O)c2c[nH]c(=O)n(Cc3ccccn3)c2=O)c(C)c1. The van der Waals surface area contributed by atoms with Gasteiger partial charge in [-0.15, -0.1) is 0 Å². The third kappa shape index (κ3) is 3.87. The lowest BCUT2D eigenvalue weighted by Gasteiger charge is -2.13. The molecule has 138 valence electrons. The van der Waals surface area contributed by atoms with Gasteiger partial charge in [0, 0.05) is 18.1 Å². The van der Waals surface area contributed by atoms with Gasteiger partial charge in [-0.25, -0.2) is 4.79 Å². The molecule has 0 fully saturated rings. The molecule has 2 N–H and O–H groups in total. The molecule has 0 spiro atoms. The fraction of sp³-hybridized carbons (Fsp3) is 0.200. The van der Waals surface area contributed by atoms with Gasteiger partial charge in [0.25, 0.3) is 11.5 Å². The molecule has 0 saturated carbocycles. The van der Waals surface area contributed by atoms with Gasteiger partial charge in [-0.05, 0) is 44.0 Å². The smallest absolute Gasteiger partial charge is 0.321 e. The van der Waals surface area contributed by atoms with Crippen molar-refractivity contribution >= 4 is 11.6 Å². The summed E-state index contributed by atoms with van der Waals surface area (Å²) >= 11 is 0. The Morgan fingerprint density at radius 3 is 2.48 bits per heavy atom. The summed E-state index contributed by atoms with van der Waals surface area (Å²) < 4.78 is 0.964. The van der Waals surface area contributed by atoms with E-state index in [1.54, 1.807) is 24.4 Å². The number of rotatable bonds is 4. The first-order valence-corrected chi connectivity index (χ1v) is 8.48. The first-order chi connectivity index (χ1) is 12.9. The Kier molecular flexibility index (Phi) is 5.03. The summed E-state index contributed by atoms with van der Waals surface area (Å²) in [7, 11) is 0. The van der Waals surface area contributed by atoms with E-state index < -0.39 is 17.2 Å². The fourth-order valence-corrected chi connectivity index (χ4v) is 3.03. The summed E-state index contributed by atoms with van der Waals surface area (Å²) in [5.41, 5.74) is 2.71. The lowest BCUT2D eigenvalue weighted by atomic mass is 10.0. The molecule has 0 atom stereocenters. The number of pyridine rings is 1. The standard InChI is InChI=1S/C20H20N4O3/c1-12-8-13(2)17(14(3)9-12)23-18(25)16-10-22-20(27)24(19(16)26)11-15-6-4-5-7-21-15/h4-10H,11H2,1-3H3,(H,22,27)(H,23,25). The topological polar surface area (TPSA) is 96.8 Å². The third-order valence-corrected chi connectivity index (χ3v) is 4.27. The molecule has 7 heteroatoms. The van der Waals surface area contributed by atoms with Crippen molar-refractivity contribution in [2.24, 2.45) is 0 Å². The molecule has 0 aliphatic rings. The van der Waals surface area contributed by atoms with E-state index >= 15 is 0 Å². The minimum atomic E-state index is -0.663. The quantitative estimate of drug-likeness (QED) is 0.741. The molecule has 0 saturated heterocycles. The number of carbonyl (C=O) groups excluding carboxylic acids is 1. The predicted molar refractivity (Wildman–Crippen MR) is 103 cm³/mol. The lowest BCUT2D eigenvalue weighted by Crippen LogP contribution is -2.39. The molecule has 2 aromatic heterocycles. The highest BCUT2D eigenvalue weighted by atomic mass is 16.2. The van der Waals surface area contributed by atoms with Crippen molar-refractivity contribution in [3.05, 3.63) is 91.5 Å². The number of carbonyl (C=O) groups is 1. The van der Waals surface area contributed by atoms with Gasteiger partial charge in [0.1, 0.15) is 5.56 Å². The van der Waals surface area contributed by atoms with Crippen molar-refractivity contribution < 1.29 is 4.79 Å². The Bertz CT molecular complexity index is 1090. The van der Waals surface area contributed by atoms with Crippen LogP contribution in [0.3, 0.4) is 0 Å². The zero-order valence-corrected chi connectivity index (χ0v) is 15.4. The van der Waals surface area contributed by atoms with Crippen LogP contribution in [0.2, 0.25) is 0 Å². The highest BCUT2D eigenvalue weighted by Crippen LogP contribution is 2.22. The lowest BCUT2D eigenvalue weighted by molar-refractivity contribution is 0.102. The Labute approximate surface area is 155 Å². The van der Waals surface area contributed by atoms with Crippen LogP contribution in [-0.2, 0) is 6.54 Å². The van der Waals surface area contributed by atoms with Gasteiger partial charge in [-0.3, -0.25) is 19.1 Å². The molecule has 0 unspecified atom stereocenters. The molecule has 1 amide bonds. The van der Waals surface area contributed by atoms with Crippen molar-refractivity contribution in [1.82, 2.24) is 14.5 Å². The van der Waals surface area contributed by atoms with Crippen LogP contribution in [0, 0.1) is 20.8 Å². The number of anilines is 1. The first-order valence-electron chi connectivity index (χ1n) is 8.48. The van der Waals surface area contributed by atoms with Gasteiger partial charge in [0.15, 0.2) is 0 Å². The number of hydrogen-bond acceptors (Lipinski definition) is 4. The predicted octanol–water partition coefficient (Wildman–Crippen LogP) is 2.16. The van der Waals surface area contributed by atoms with E-state index in [1.165, 1.54) is 0 Å². The van der Waals surface area contributed by atoms with Crippen LogP contribution in [0.4, 0.5) is 5.69 Å². The minimum absolute atomic E-state index is 0.0152. The van der Waals surface area contributed by atoms with Crippen LogP contribution in [0.5, 0.6) is 0 Å². The molecular formula is C20H20N4O3. The Morgan fingerprint density at radius 2 is 1.85 bits per heavy atom. The molecule has 3 rings (SSSR count). The Hall–Kier alpha value is -3.48. The van der Waals surface area contributed by atoms with E-state index in [2.05, 4.69) is 15.3 Å².